The highest BCUT2D eigenvalue weighted by atomic mass is 16.3. The van der Waals surface area contributed by atoms with Crippen molar-refractivity contribution in [1.29, 1.82) is 0 Å². The third kappa shape index (κ3) is 3.23. The van der Waals surface area contributed by atoms with E-state index in [1.807, 2.05) is 24.3 Å². The third-order valence-electron chi connectivity index (χ3n) is 5.81. The maximum atomic E-state index is 11.9. The minimum Gasteiger partial charge on any atom is -0.390 e. The van der Waals surface area contributed by atoms with Crippen molar-refractivity contribution in [3.8, 4) is 0 Å². The van der Waals surface area contributed by atoms with Crippen molar-refractivity contribution >= 4 is 35.6 Å². The van der Waals surface area contributed by atoms with Crippen LogP contribution in [-0.2, 0) is 11.2 Å². The first-order valence-corrected chi connectivity index (χ1v) is 10.4. The molecule has 1 aromatic carbocycles. The molecule has 1 saturated carbocycles. The van der Waals surface area contributed by atoms with Crippen LogP contribution >= 0.6 is 0 Å². The van der Waals surface area contributed by atoms with Crippen LogP contribution in [0.25, 0.3) is 11.7 Å². The van der Waals surface area contributed by atoms with E-state index < -0.39 is 18.0 Å². The van der Waals surface area contributed by atoms with Crippen molar-refractivity contribution < 1.29 is 14.7 Å². The predicted octanol–water partition coefficient (Wildman–Crippen LogP) is 0.949. The van der Waals surface area contributed by atoms with E-state index in [1.54, 1.807) is 10.7 Å². The average molecular weight is 432 g/mol. The lowest BCUT2D eigenvalue weighted by Crippen LogP contribution is -2.23. The number of carbonyl (C=O) groups excluding carboxylic acids is 2. The van der Waals surface area contributed by atoms with Crippen LogP contribution in [0.3, 0.4) is 0 Å². The molecule has 0 radical (unpaired) electrons. The van der Waals surface area contributed by atoms with Gasteiger partial charge < -0.3 is 21.1 Å². The summed E-state index contributed by atoms with van der Waals surface area (Å²) in [6, 6.07) is 7.31. The summed E-state index contributed by atoms with van der Waals surface area (Å²) in [5, 5.41) is 26.3. The van der Waals surface area contributed by atoms with Gasteiger partial charge in [-0.3, -0.25) is 10.1 Å². The van der Waals surface area contributed by atoms with Crippen molar-refractivity contribution in [2.75, 3.05) is 10.6 Å². The molecule has 2 aromatic heterocycles. The van der Waals surface area contributed by atoms with Gasteiger partial charge in [-0.05, 0) is 30.0 Å². The number of nitrogens with zero attached hydrogens (tertiary/aromatic N) is 4. The van der Waals surface area contributed by atoms with Crippen molar-refractivity contribution in [1.82, 2.24) is 30.2 Å². The molecule has 1 saturated heterocycles. The van der Waals surface area contributed by atoms with E-state index in [9.17, 15) is 14.7 Å². The number of fused-ring (bicyclic) bond motifs is 2. The van der Waals surface area contributed by atoms with Gasteiger partial charge in [0.2, 0.25) is 11.9 Å². The minimum atomic E-state index is -0.601. The van der Waals surface area contributed by atoms with Crippen LogP contribution in [0.5, 0.6) is 0 Å². The Bertz CT molecular complexity index is 1300. The van der Waals surface area contributed by atoms with E-state index in [2.05, 4.69) is 36.3 Å². The number of carbonyl (C=O) groups is 2. The number of amides is 3. The van der Waals surface area contributed by atoms with Crippen LogP contribution in [0.4, 0.5) is 16.7 Å². The first-order chi connectivity index (χ1) is 15.5. The molecule has 0 bridgehead atoms. The molecule has 11 nitrogen and oxygen atoms in total. The number of benzene rings is 1. The third-order valence-corrected chi connectivity index (χ3v) is 5.81. The topological polar surface area (TPSA) is 146 Å². The molecule has 3 aliphatic rings. The Kier molecular flexibility index (Phi) is 4.12. The van der Waals surface area contributed by atoms with Gasteiger partial charge in [-0.2, -0.15) is 19.6 Å². The van der Waals surface area contributed by atoms with Gasteiger partial charge >= 0.3 is 6.03 Å². The zero-order valence-corrected chi connectivity index (χ0v) is 16.9. The molecular formula is C21H20N8O3. The average Bonchev–Trinajstić information content (AvgIpc) is 3.29. The van der Waals surface area contributed by atoms with Gasteiger partial charge in [-0.25, -0.2) is 4.79 Å². The highest BCUT2D eigenvalue weighted by Crippen LogP contribution is 2.34. The molecule has 0 spiro atoms. The predicted molar refractivity (Wildman–Crippen MR) is 115 cm³/mol. The fourth-order valence-corrected chi connectivity index (χ4v) is 4.09. The number of hydrogen-bond acceptors (Lipinski definition) is 8. The van der Waals surface area contributed by atoms with E-state index in [1.165, 1.54) is 6.08 Å². The number of rotatable bonds is 5. The van der Waals surface area contributed by atoms with Gasteiger partial charge in [0.25, 0.3) is 5.91 Å². The van der Waals surface area contributed by atoms with Gasteiger partial charge in [-0.1, -0.05) is 24.3 Å². The normalized spacial score (nSPS) is 23.3. The molecule has 11 heteroatoms. The molecule has 5 N–H and O–H groups in total. The van der Waals surface area contributed by atoms with Crippen molar-refractivity contribution in [3.63, 3.8) is 0 Å². The van der Waals surface area contributed by atoms with Crippen LogP contribution in [0.1, 0.15) is 35.6 Å². The summed E-state index contributed by atoms with van der Waals surface area (Å²) in [6.45, 7) is 0. The minimum absolute atomic E-state index is 0.120. The first kappa shape index (κ1) is 18.8. The maximum Gasteiger partial charge on any atom is 0.326 e. The van der Waals surface area contributed by atoms with E-state index in [0.29, 0.717) is 35.6 Å². The van der Waals surface area contributed by atoms with E-state index >= 15 is 0 Å². The molecule has 162 valence electrons. The van der Waals surface area contributed by atoms with Gasteiger partial charge in [0.05, 0.1) is 18.3 Å². The van der Waals surface area contributed by atoms with Crippen molar-refractivity contribution in [3.05, 3.63) is 52.8 Å². The first-order valence-electron chi connectivity index (χ1n) is 10.4. The Morgan fingerprint density at radius 3 is 2.75 bits per heavy atom. The molecule has 6 rings (SSSR count). The van der Waals surface area contributed by atoms with E-state index in [4.69, 9.17) is 0 Å². The lowest BCUT2D eigenvalue weighted by atomic mass is 10.1. The van der Waals surface area contributed by atoms with Crippen LogP contribution in [0.15, 0.2) is 36.2 Å². The zero-order chi connectivity index (χ0) is 21.8. The van der Waals surface area contributed by atoms with E-state index in [-0.39, 0.29) is 11.7 Å². The quantitative estimate of drug-likeness (QED) is 0.296. The van der Waals surface area contributed by atoms with Crippen LogP contribution in [0.2, 0.25) is 0 Å². The molecule has 2 fully saturated rings. The number of hydrogen-bond donors (Lipinski definition) is 5. The zero-order valence-electron chi connectivity index (χ0n) is 16.9. The molecule has 2 atom stereocenters. The van der Waals surface area contributed by atoms with Crippen LogP contribution in [0, 0.1) is 0 Å². The van der Waals surface area contributed by atoms with Gasteiger partial charge in [0.1, 0.15) is 5.70 Å². The second kappa shape index (κ2) is 7.02. The Morgan fingerprint density at radius 2 is 1.97 bits per heavy atom. The lowest BCUT2D eigenvalue weighted by molar-refractivity contribution is -0.115. The summed E-state index contributed by atoms with van der Waals surface area (Å²) in [6.07, 6.45) is 5.15. The Hall–Kier alpha value is -3.99. The summed E-state index contributed by atoms with van der Waals surface area (Å²) in [7, 11) is 0. The number of aliphatic hydroxyl groups is 1. The second-order valence-corrected chi connectivity index (χ2v) is 8.18. The molecule has 3 aromatic rings. The van der Waals surface area contributed by atoms with Crippen molar-refractivity contribution in [2.24, 2.45) is 0 Å². The number of nitrogens with one attached hydrogen (secondary N) is 4. The molecule has 0 unspecified atom stereocenters. The number of imide groups is 1. The Labute approximate surface area is 181 Å². The molecule has 32 heavy (non-hydrogen) atoms. The number of aliphatic hydroxyl groups excluding tert-OH is 1. The van der Waals surface area contributed by atoms with Gasteiger partial charge in [0, 0.05) is 18.0 Å². The van der Waals surface area contributed by atoms with E-state index in [0.717, 1.165) is 24.0 Å². The molecule has 1 aliphatic heterocycles. The number of urea groups is 1. The fourth-order valence-electron chi connectivity index (χ4n) is 4.09. The molecular weight excluding hydrogens is 412 g/mol. The number of aromatic nitrogens is 4. The maximum absolute atomic E-state index is 11.9. The molecule has 3 heterocycles. The summed E-state index contributed by atoms with van der Waals surface area (Å²) >= 11 is 0. The Balaban J connectivity index is 1.41. The summed E-state index contributed by atoms with van der Waals surface area (Å²) in [4.78, 5) is 32.6. The number of anilines is 2. The summed E-state index contributed by atoms with van der Waals surface area (Å²) < 4.78 is 1.57. The lowest BCUT2D eigenvalue weighted by Gasteiger charge is -2.18. The largest absolute Gasteiger partial charge is 0.390 e. The van der Waals surface area contributed by atoms with Crippen LogP contribution < -0.4 is 21.3 Å². The highest BCUT2D eigenvalue weighted by Gasteiger charge is 2.32. The monoisotopic (exact) mass is 432 g/mol. The highest BCUT2D eigenvalue weighted by molar-refractivity contribution is 6.14. The van der Waals surface area contributed by atoms with Crippen molar-refractivity contribution in [2.45, 2.75) is 37.5 Å². The second-order valence-electron chi connectivity index (χ2n) is 8.18. The van der Waals surface area contributed by atoms with Gasteiger partial charge in [0.15, 0.2) is 5.65 Å². The van der Waals surface area contributed by atoms with Gasteiger partial charge in [-0.15, -0.1) is 0 Å². The summed E-state index contributed by atoms with van der Waals surface area (Å²) in [5.74, 6) is 0.343. The standard InChI is InChI=1S/C21H20N8O3/c30-15-8-10-3-1-2-4-13(10)16(15)25-19-26-17-11(7-14-18(31)27-21(32)24-14)9-22-29(17)20(28-19)23-12-5-6-12/h1-4,7,9,12,15-16,30H,5-6,8H2,(H2,23,25,26,28)(H2,24,27,31,32)/b14-7-/t15-,16+/m1/s1. The van der Waals surface area contributed by atoms with Crippen LogP contribution in [-0.4, -0.2) is 48.8 Å². The smallest absolute Gasteiger partial charge is 0.326 e. The molecule has 3 amide bonds. The fraction of sp³-hybridized carbons (Fsp3) is 0.286. The Morgan fingerprint density at radius 1 is 1.12 bits per heavy atom. The summed E-state index contributed by atoms with van der Waals surface area (Å²) in [5.41, 5.74) is 3.24. The SMILES string of the molecule is O=C1NC(=O)/C(=C/c2cnn3c(NC4CC4)nc(N[C@H]4c5ccccc5C[C@H]4O)nc23)N1. The molecule has 2 aliphatic carbocycles.